The van der Waals surface area contributed by atoms with Crippen LogP contribution in [0.15, 0.2) is 47.5 Å². The molecule has 1 saturated carbocycles. The molecule has 0 bridgehead atoms. The topological polar surface area (TPSA) is 54.9 Å². The van der Waals surface area contributed by atoms with E-state index in [0.29, 0.717) is 24.1 Å². The van der Waals surface area contributed by atoms with Crippen molar-refractivity contribution in [3.63, 3.8) is 0 Å². The molecule has 1 fully saturated rings. The van der Waals surface area contributed by atoms with E-state index in [1.807, 2.05) is 37.3 Å². The molecule has 0 radical (unpaired) electrons. The Balaban J connectivity index is 1.64. The molecule has 1 aliphatic carbocycles. The van der Waals surface area contributed by atoms with Crippen molar-refractivity contribution in [3.05, 3.63) is 53.8 Å². The van der Waals surface area contributed by atoms with Crippen LogP contribution in [0.1, 0.15) is 24.8 Å². The Bertz CT molecular complexity index is 794. The van der Waals surface area contributed by atoms with Gasteiger partial charge < -0.3 is 20.1 Å². The van der Waals surface area contributed by atoms with Gasteiger partial charge >= 0.3 is 0 Å². The van der Waals surface area contributed by atoms with Gasteiger partial charge in [-0.05, 0) is 37.1 Å². The summed E-state index contributed by atoms with van der Waals surface area (Å²) >= 11 is 0. The van der Waals surface area contributed by atoms with Gasteiger partial charge in [-0.25, -0.2) is 4.39 Å². The molecule has 2 atom stereocenters. The highest BCUT2D eigenvalue weighted by Crippen LogP contribution is 2.41. The summed E-state index contributed by atoms with van der Waals surface area (Å²) in [6, 6.07) is 12.7. The lowest BCUT2D eigenvalue weighted by molar-refractivity contribution is 0.311. The number of nitrogens with one attached hydrogen (secondary N) is 2. The second kappa shape index (κ2) is 8.08. The van der Waals surface area contributed by atoms with Crippen molar-refractivity contribution in [2.24, 2.45) is 4.99 Å². The predicted molar refractivity (Wildman–Crippen MR) is 102 cm³/mol. The number of halogens is 1. The Morgan fingerprint density at radius 2 is 2.04 bits per heavy atom. The fourth-order valence-electron chi connectivity index (χ4n) is 2.97. The van der Waals surface area contributed by atoms with Gasteiger partial charge in [-0.1, -0.05) is 18.2 Å². The van der Waals surface area contributed by atoms with E-state index in [1.54, 1.807) is 20.2 Å². The number of rotatable bonds is 6. The average molecular weight is 357 g/mol. The molecule has 0 spiro atoms. The van der Waals surface area contributed by atoms with E-state index in [2.05, 4.69) is 15.6 Å². The Labute approximate surface area is 153 Å². The molecule has 26 heavy (non-hydrogen) atoms. The zero-order valence-corrected chi connectivity index (χ0v) is 15.3. The third kappa shape index (κ3) is 4.07. The van der Waals surface area contributed by atoms with Gasteiger partial charge in [-0.3, -0.25) is 4.99 Å². The van der Waals surface area contributed by atoms with Crippen LogP contribution < -0.4 is 20.1 Å². The molecule has 0 heterocycles. The van der Waals surface area contributed by atoms with Crippen molar-refractivity contribution in [3.8, 4) is 11.5 Å². The quantitative estimate of drug-likeness (QED) is 0.610. The summed E-state index contributed by atoms with van der Waals surface area (Å²) in [7, 11) is 3.32. The van der Waals surface area contributed by atoms with E-state index in [-0.39, 0.29) is 17.8 Å². The Kier molecular flexibility index (Phi) is 5.61. The van der Waals surface area contributed by atoms with E-state index >= 15 is 0 Å². The van der Waals surface area contributed by atoms with E-state index in [0.717, 1.165) is 17.7 Å². The van der Waals surface area contributed by atoms with Crippen LogP contribution in [0.3, 0.4) is 0 Å². The molecule has 138 valence electrons. The molecule has 0 saturated heterocycles. The Morgan fingerprint density at radius 3 is 2.73 bits per heavy atom. The zero-order valence-electron chi connectivity index (χ0n) is 15.3. The lowest BCUT2D eigenvalue weighted by atomic mass is 10.1. The highest BCUT2D eigenvalue weighted by molar-refractivity contribution is 5.94. The summed E-state index contributed by atoms with van der Waals surface area (Å²) in [5.41, 5.74) is 1.59. The third-order valence-corrected chi connectivity index (χ3v) is 4.37. The molecule has 0 aliphatic heterocycles. The van der Waals surface area contributed by atoms with Crippen LogP contribution in [0, 0.1) is 5.82 Å². The number of nitrogens with zero attached hydrogens (tertiary/aromatic N) is 1. The summed E-state index contributed by atoms with van der Waals surface area (Å²) < 4.78 is 24.8. The maximum Gasteiger partial charge on any atom is 0.195 e. The Morgan fingerprint density at radius 1 is 1.23 bits per heavy atom. The maximum absolute atomic E-state index is 13.9. The minimum atomic E-state index is -0.152. The van der Waals surface area contributed by atoms with Gasteiger partial charge in [0.25, 0.3) is 0 Å². The minimum Gasteiger partial charge on any atom is -0.493 e. The molecular formula is C20H24FN3O2. The van der Waals surface area contributed by atoms with Crippen LogP contribution in [0.25, 0.3) is 0 Å². The molecular weight excluding hydrogens is 333 g/mol. The van der Waals surface area contributed by atoms with Gasteiger partial charge in [0.15, 0.2) is 17.5 Å². The highest BCUT2D eigenvalue weighted by Gasteiger charge is 2.40. The molecule has 2 N–H and O–H groups in total. The van der Waals surface area contributed by atoms with E-state index in [1.165, 1.54) is 6.07 Å². The SMILES string of the molecule is CCOc1cc(NC(=NC)NC2CC2c2ccccc2F)ccc1OC. The number of aliphatic imine (C=N–C) groups is 1. The molecule has 1 aliphatic rings. The molecule has 6 heteroatoms. The van der Waals surface area contributed by atoms with Gasteiger partial charge in [0, 0.05) is 30.8 Å². The molecule has 5 nitrogen and oxygen atoms in total. The first kappa shape index (κ1) is 18.0. The van der Waals surface area contributed by atoms with Crippen molar-refractivity contribution in [1.29, 1.82) is 0 Å². The lowest BCUT2D eigenvalue weighted by Gasteiger charge is -2.15. The van der Waals surface area contributed by atoms with Gasteiger partial charge in [-0.15, -0.1) is 0 Å². The Hall–Kier alpha value is -2.76. The van der Waals surface area contributed by atoms with Gasteiger partial charge in [0.1, 0.15) is 5.82 Å². The smallest absolute Gasteiger partial charge is 0.195 e. The second-order valence-corrected chi connectivity index (χ2v) is 6.11. The molecule has 2 aromatic rings. The normalized spacial score (nSPS) is 19.0. The first-order valence-corrected chi connectivity index (χ1v) is 8.71. The first-order valence-electron chi connectivity index (χ1n) is 8.71. The number of guanidine groups is 1. The largest absolute Gasteiger partial charge is 0.493 e. The van der Waals surface area contributed by atoms with Crippen molar-refractivity contribution >= 4 is 11.6 Å². The molecule has 2 unspecified atom stereocenters. The lowest BCUT2D eigenvalue weighted by Crippen LogP contribution is -2.33. The summed E-state index contributed by atoms with van der Waals surface area (Å²) in [5, 5.41) is 6.59. The fraction of sp³-hybridized carbons (Fsp3) is 0.350. The maximum atomic E-state index is 13.9. The van der Waals surface area contributed by atoms with Gasteiger partial charge in [0.05, 0.1) is 13.7 Å². The zero-order chi connectivity index (χ0) is 18.5. The summed E-state index contributed by atoms with van der Waals surface area (Å²) in [6.45, 7) is 2.48. The van der Waals surface area contributed by atoms with Crippen LogP contribution >= 0.6 is 0 Å². The van der Waals surface area contributed by atoms with E-state index < -0.39 is 0 Å². The van der Waals surface area contributed by atoms with Gasteiger partial charge in [0.2, 0.25) is 0 Å². The van der Waals surface area contributed by atoms with Crippen LogP contribution in [-0.4, -0.2) is 32.8 Å². The monoisotopic (exact) mass is 357 g/mol. The number of benzene rings is 2. The number of hydrogen-bond donors (Lipinski definition) is 2. The van der Waals surface area contributed by atoms with Crippen LogP contribution in [0.4, 0.5) is 10.1 Å². The van der Waals surface area contributed by atoms with Crippen molar-refractivity contribution < 1.29 is 13.9 Å². The highest BCUT2D eigenvalue weighted by atomic mass is 19.1. The number of ether oxygens (including phenoxy) is 2. The van der Waals surface area contributed by atoms with E-state index in [4.69, 9.17) is 9.47 Å². The van der Waals surface area contributed by atoms with Crippen molar-refractivity contribution in [2.45, 2.75) is 25.3 Å². The van der Waals surface area contributed by atoms with Crippen LogP contribution in [-0.2, 0) is 0 Å². The number of hydrogen-bond acceptors (Lipinski definition) is 3. The molecule has 3 rings (SSSR count). The van der Waals surface area contributed by atoms with Crippen molar-refractivity contribution in [1.82, 2.24) is 5.32 Å². The second-order valence-electron chi connectivity index (χ2n) is 6.11. The third-order valence-electron chi connectivity index (χ3n) is 4.37. The predicted octanol–water partition coefficient (Wildman–Crippen LogP) is 3.78. The number of methoxy groups -OCH3 is 1. The van der Waals surface area contributed by atoms with Crippen molar-refractivity contribution in [2.75, 3.05) is 26.1 Å². The van der Waals surface area contributed by atoms with Crippen LogP contribution in [0.2, 0.25) is 0 Å². The van der Waals surface area contributed by atoms with E-state index in [9.17, 15) is 4.39 Å². The molecule has 2 aromatic carbocycles. The first-order chi connectivity index (χ1) is 12.7. The number of anilines is 1. The standard InChI is InChI=1S/C20H24FN3O2/c1-4-26-19-11-13(9-10-18(19)25-3)23-20(22-2)24-17-12-15(17)14-7-5-6-8-16(14)21/h5-11,15,17H,4,12H2,1-3H3,(H2,22,23,24). The fourth-order valence-corrected chi connectivity index (χ4v) is 2.97. The summed E-state index contributed by atoms with van der Waals surface area (Å²) in [5.74, 6) is 2.01. The molecule has 0 amide bonds. The average Bonchev–Trinajstić information content (AvgIpc) is 3.41. The molecule has 0 aromatic heterocycles. The van der Waals surface area contributed by atoms with Gasteiger partial charge in [-0.2, -0.15) is 0 Å². The summed E-state index contributed by atoms with van der Waals surface area (Å²) in [4.78, 5) is 4.26. The minimum absolute atomic E-state index is 0.152. The summed E-state index contributed by atoms with van der Waals surface area (Å²) in [6.07, 6.45) is 0.883. The van der Waals surface area contributed by atoms with Crippen LogP contribution in [0.5, 0.6) is 11.5 Å².